The lowest BCUT2D eigenvalue weighted by Gasteiger charge is -2.41. The van der Waals surface area contributed by atoms with E-state index in [0.717, 1.165) is 35.3 Å². The van der Waals surface area contributed by atoms with Gasteiger partial charge in [-0.15, -0.1) is 0 Å². The van der Waals surface area contributed by atoms with Gasteiger partial charge >= 0.3 is 0 Å². The van der Waals surface area contributed by atoms with Crippen LogP contribution in [0.25, 0.3) is 11.1 Å². The molecule has 1 aromatic heterocycles. The van der Waals surface area contributed by atoms with Gasteiger partial charge in [-0.3, -0.25) is 14.6 Å². The standard InChI is InChI=1S/C27H29N3O3/c1-28-26(32)27(14-3-17-30(19-27)25(31)23-12-15-29-16-13-23)18-20-4-6-21(7-5-20)22-8-10-24(33-2)11-9-22/h4-13,15-16H,3,14,17-19H2,1-2H3,(H,28,32)/t27-/m1/s1. The summed E-state index contributed by atoms with van der Waals surface area (Å²) in [7, 11) is 3.32. The monoisotopic (exact) mass is 443 g/mol. The Bertz CT molecular complexity index is 1100. The number of pyridine rings is 1. The summed E-state index contributed by atoms with van der Waals surface area (Å²) in [4.78, 5) is 31.9. The lowest BCUT2D eigenvalue weighted by molar-refractivity contribution is -0.133. The number of piperidine rings is 1. The van der Waals surface area contributed by atoms with Crippen LogP contribution in [0.2, 0.25) is 0 Å². The van der Waals surface area contributed by atoms with Crippen molar-refractivity contribution in [2.45, 2.75) is 19.3 Å². The molecule has 1 atom stereocenters. The van der Waals surface area contributed by atoms with Crippen LogP contribution in [-0.2, 0) is 11.2 Å². The summed E-state index contributed by atoms with van der Waals surface area (Å²) >= 11 is 0. The number of rotatable bonds is 6. The van der Waals surface area contributed by atoms with E-state index in [4.69, 9.17) is 4.74 Å². The van der Waals surface area contributed by atoms with E-state index in [0.29, 0.717) is 25.1 Å². The second-order valence-electron chi connectivity index (χ2n) is 8.53. The Morgan fingerprint density at radius 1 is 1.00 bits per heavy atom. The van der Waals surface area contributed by atoms with E-state index in [2.05, 4.69) is 34.6 Å². The van der Waals surface area contributed by atoms with E-state index in [-0.39, 0.29) is 11.8 Å². The maximum atomic E-state index is 13.1. The van der Waals surface area contributed by atoms with Gasteiger partial charge < -0.3 is 15.0 Å². The molecule has 1 aliphatic heterocycles. The number of aromatic nitrogens is 1. The van der Waals surface area contributed by atoms with Crippen molar-refractivity contribution in [1.82, 2.24) is 15.2 Å². The van der Waals surface area contributed by atoms with E-state index < -0.39 is 5.41 Å². The van der Waals surface area contributed by atoms with Crippen LogP contribution in [0.5, 0.6) is 5.75 Å². The number of amides is 2. The summed E-state index contributed by atoms with van der Waals surface area (Å²) in [5.74, 6) is 0.750. The first-order chi connectivity index (χ1) is 16.0. The minimum atomic E-state index is -0.655. The minimum absolute atomic E-state index is 0.0195. The first-order valence-corrected chi connectivity index (χ1v) is 11.2. The molecule has 0 saturated carbocycles. The average Bonchev–Trinajstić information content (AvgIpc) is 2.89. The van der Waals surface area contributed by atoms with Crippen molar-refractivity contribution in [3.05, 3.63) is 84.2 Å². The summed E-state index contributed by atoms with van der Waals surface area (Å²) < 4.78 is 5.24. The fraction of sp³-hybridized carbons (Fsp3) is 0.296. The highest BCUT2D eigenvalue weighted by molar-refractivity contribution is 5.95. The fourth-order valence-electron chi connectivity index (χ4n) is 4.65. The largest absolute Gasteiger partial charge is 0.497 e. The molecule has 0 radical (unpaired) electrons. The van der Waals surface area contributed by atoms with Crippen LogP contribution >= 0.6 is 0 Å². The highest BCUT2D eigenvalue weighted by Crippen LogP contribution is 2.35. The first kappa shape index (κ1) is 22.5. The molecule has 2 aromatic carbocycles. The van der Waals surface area contributed by atoms with Gasteiger partial charge in [-0.05, 0) is 60.2 Å². The molecule has 170 valence electrons. The van der Waals surface area contributed by atoms with Gasteiger partial charge in [-0.2, -0.15) is 0 Å². The van der Waals surface area contributed by atoms with Gasteiger partial charge in [-0.1, -0.05) is 36.4 Å². The summed E-state index contributed by atoms with van der Waals surface area (Å²) in [5.41, 5.74) is 3.23. The van der Waals surface area contributed by atoms with Gasteiger partial charge in [0.1, 0.15) is 5.75 Å². The summed E-state index contributed by atoms with van der Waals surface area (Å²) in [6.07, 6.45) is 5.35. The van der Waals surface area contributed by atoms with E-state index in [1.165, 1.54) is 0 Å². The van der Waals surface area contributed by atoms with Crippen molar-refractivity contribution in [2.75, 3.05) is 27.2 Å². The third-order valence-electron chi connectivity index (χ3n) is 6.42. The van der Waals surface area contributed by atoms with E-state index in [1.54, 1.807) is 43.6 Å². The molecule has 6 nitrogen and oxygen atoms in total. The van der Waals surface area contributed by atoms with Crippen LogP contribution in [0.3, 0.4) is 0 Å². The molecule has 1 N–H and O–H groups in total. The van der Waals surface area contributed by atoms with Crippen LogP contribution < -0.4 is 10.1 Å². The summed E-state index contributed by atoms with van der Waals surface area (Å²) in [5, 5.41) is 2.84. The van der Waals surface area contributed by atoms with Crippen LogP contribution in [0, 0.1) is 5.41 Å². The molecule has 4 rings (SSSR count). The molecule has 1 aliphatic rings. The summed E-state index contributed by atoms with van der Waals surface area (Å²) in [6.45, 7) is 1.05. The topological polar surface area (TPSA) is 71.5 Å². The fourth-order valence-corrected chi connectivity index (χ4v) is 4.65. The van der Waals surface area contributed by atoms with Gasteiger partial charge in [0, 0.05) is 38.1 Å². The SMILES string of the molecule is CNC(=O)[C@@]1(Cc2ccc(-c3ccc(OC)cc3)cc2)CCCN(C(=O)c2ccncc2)C1. The molecule has 33 heavy (non-hydrogen) atoms. The number of ether oxygens (including phenoxy) is 1. The molecule has 6 heteroatoms. The Kier molecular flexibility index (Phi) is 6.73. The maximum Gasteiger partial charge on any atom is 0.253 e. The zero-order chi connectivity index (χ0) is 23.3. The van der Waals surface area contributed by atoms with Crippen LogP contribution in [0.15, 0.2) is 73.1 Å². The Morgan fingerprint density at radius 2 is 1.64 bits per heavy atom. The highest BCUT2D eigenvalue weighted by atomic mass is 16.5. The zero-order valence-corrected chi connectivity index (χ0v) is 19.1. The number of likely N-dealkylation sites (tertiary alicyclic amines) is 1. The van der Waals surface area contributed by atoms with Gasteiger partial charge in [0.15, 0.2) is 0 Å². The Balaban J connectivity index is 1.54. The molecular formula is C27H29N3O3. The lowest BCUT2D eigenvalue weighted by atomic mass is 9.74. The number of nitrogens with zero attached hydrogens (tertiary/aromatic N) is 2. The third kappa shape index (κ3) is 4.90. The number of hydrogen-bond acceptors (Lipinski definition) is 4. The Morgan fingerprint density at radius 3 is 2.24 bits per heavy atom. The first-order valence-electron chi connectivity index (χ1n) is 11.2. The average molecular weight is 444 g/mol. The minimum Gasteiger partial charge on any atom is -0.497 e. The number of hydrogen-bond donors (Lipinski definition) is 1. The van der Waals surface area contributed by atoms with Crippen molar-refractivity contribution in [3.8, 4) is 16.9 Å². The van der Waals surface area contributed by atoms with Crippen molar-refractivity contribution in [3.63, 3.8) is 0 Å². The smallest absolute Gasteiger partial charge is 0.253 e. The number of nitrogens with one attached hydrogen (secondary N) is 1. The van der Waals surface area contributed by atoms with Crippen molar-refractivity contribution < 1.29 is 14.3 Å². The van der Waals surface area contributed by atoms with Gasteiger partial charge in [0.25, 0.3) is 5.91 Å². The van der Waals surface area contributed by atoms with E-state index >= 15 is 0 Å². The molecule has 3 aromatic rings. The molecule has 0 spiro atoms. The van der Waals surface area contributed by atoms with Gasteiger partial charge in [0.2, 0.25) is 5.91 Å². The molecule has 0 aliphatic carbocycles. The second-order valence-corrected chi connectivity index (χ2v) is 8.53. The quantitative estimate of drug-likeness (QED) is 0.626. The Hall–Kier alpha value is -3.67. The zero-order valence-electron chi connectivity index (χ0n) is 19.1. The predicted molar refractivity (Wildman–Crippen MR) is 128 cm³/mol. The van der Waals surface area contributed by atoms with Crippen molar-refractivity contribution in [2.24, 2.45) is 5.41 Å². The third-order valence-corrected chi connectivity index (χ3v) is 6.42. The number of carbonyl (C=O) groups excluding carboxylic acids is 2. The lowest BCUT2D eigenvalue weighted by Crippen LogP contribution is -2.54. The maximum absolute atomic E-state index is 13.1. The van der Waals surface area contributed by atoms with Crippen molar-refractivity contribution in [1.29, 1.82) is 0 Å². The number of benzene rings is 2. The van der Waals surface area contributed by atoms with Gasteiger partial charge in [-0.25, -0.2) is 0 Å². The molecule has 1 saturated heterocycles. The molecule has 2 heterocycles. The highest BCUT2D eigenvalue weighted by Gasteiger charge is 2.43. The van der Waals surface area contributed by atoms with Crippen LogP contribution in [-0.4, -0.2) is 48.9 Å². The Labute approximate surface area is 194 Å². The summed E-state index contributed by atoms with van der Waals surface area (Å²) in [6, 6.07) is 19.7. The number of methoxy groups -OCH3 is 1. The molecule has 1 fully saturated rings. The predicted octanol–water partition coefficient (Wildman–Crippen LogP) is 3.97. The van der Waals surface area contributed by atoms with Crippen molar-refractivity contribution >= 4 is 11.8 Å². The normalized spacial score (nSPS) is 17.9. The van der Waals surface area contributed by atoms with Gasteiger partial charge in [0.05, 0.1) is 12.5 Å². The molecule has 0 unspecified atom stereocenters. The molecule has 0 bridgehead atoms. The second kappa shape index (κ2) is 9.86. The molecular weight excluding hydrogens is 414 g/mol. The van der Waals surface area contributed by atoms with E-state index in [1.807, 2.05) is 24.3 Å². The van der Waals surface area contributed by atoms with Crippen LogP contribution in [0.4, 0.5) is 0 Å². The van der Waals surface area contributed by atoms with E-state index in [9.17, 15) is 9.59 Å². The molecule has 2 amide bonds. The number of carbonyl (C=O) groups is 2. The van der Waals surface area contributed by atoms with Crippen LogP contribution in [0.1, 0.15) is 28.8 Å².